The molecule has 0 aromatic carbocycles. The van der Waals surface area contributed by atoms with Crippen LogP contribution in [0.15, 0.2) is 22.2 Å². The Bertz CT molecular complexity index is 523. The first kappa shape index (κ1) is 12.1. The number of hydrogen-bond acceptors (Lipinski definition) is 5. The summed E-state index contributed by atoms with van der Waals surface area (Å²) in [5.41, 5.74) is 5.35. The van der Waals surface area contributed by atoms with E-state index in [9.17, 15) is 4.79 Å². The fraction of sp³-hybridized carbons (Fsp3) is 0.222. The number of nitrogens with one attached hydrogen (secondary N) is 1. The number of anilines is 1. The van der Waals surface area contributed by atoms with Gasteiger partial charge in [0.2, 0.25) is 11.9 Å². The van der Waals surface area contributed by atoms with E-state index in [0.29, 0.717) is 6.54 Å². The summed E-state index contributed by atoms with van der Waals surface area (Å²) in [4.78, 5) is 16.4. The molecule has 0 aliphatic heterocycles. The van der Waals surface area contributed by atoms with Crippen molar-refractivity contribution in [3.05, 3.63) is 27.1 Å². The van der Waals surface area contributed by atoms with E-state index < -0.39 is 0 Å². The van der Waals surface area contributed by atoms with Crippen LogP contribution in [0.5, 0.6) is 0 Å². The van der Waals surface area contributed by atoms with Crippen LogP contribution in [0.3, 0.4) is 0 Å². The lowest BCUT2D eigenvalue weighted by molar-refractivity contribution is -0.122. The predicted molar refractivity (Wildman–Crippen MR) is 68.3 cm³/mol. The van der Waals surface area contributed by atoms with Gasteiger partial charge in [0.05, 0.1) is 6.54 Å². The minimum atomic E-state index is -0.129. The van der Waals surface area contributed by atoms with Gasteiger partial charge < -0.3 is 11.1 Å². The summed E-state index contributed by atoms with van der Waals surface area (Å²) in [5, 5.41) is 8.59. The molecular formula is C9H10BrN5OS. The molecule has 6 nitrogen and oxygen atoms in total. The number of amides is 1. The molecule has 0 aliphatic carbocycles. The SMILES string of the molecule is Nc1ncn(CC(=O)NCc2sccc2Br)n1. The third-order valence-electron chi connectivity index (χ3n) is 2.00. The molecule has 0 aliphatic rings. The number of aromatic nitrogens is 3. The van der Waals surface area contributed by atoms with Crippen molar-refractivity contribution in [2.75, 3.05) is 5.73 Å². The molecule has 8 heteroatoms. The van der Waals surface area contributed by atoms with E-state index in [4.69, 9.17) is 5.73 Å². The minimum absolute atomic E-state index is 0.118. The third kappa shape index (κ3) is 3.27. The van der Waals surface area contributed by atoms with Crippen molar-refractivity contribution in [3.8, 4) is 0 Å². The highest BCUT2D eigenvalue weighted by Gasteiger charge is 2.06. The van der Waals surface area contributed by atoms with Gasteiger partial charge in [0.15, 0.2) is 0 Å². The van der Waals surface area contributed by atoms with Crippen LogP contribution < -0.4 is 11.1 Å². The first-order valence-corrected chi connectivity index (χ1v) is 6.46. The largest absolute Gasteiger partial charge is 0.367 e. The van der Waals surface area contributed by atoms with Gasteiger partial charge in [-0.2, -0.15) is 0 Å². The molecule has 2 aromatic heterocycles. The van der Waals surface area contributed by atoms with E-state index in [-0.39, 0.29) is 18.4 Å². The van der Waals surface area contributed by atoms with Gasteiger partial charge in [-0.3, -0.25) is 4.79 Å². The third-order valence-corrected chi connectivity index (χ3v) is 3.92. The highest BCUT2D eigenvalue weighted by atomic mass is 79.9. The number of carbonyl (C=O) groups is 1. The van der Waals surface area contributed by atoms with Crippen molar-refractivity contribution in [1.29, 1.82) is 0 Å². The molecule has 0 radical (unpaired) electrons. The summed E-state index contributed by atoms with van der Waals surface area (Å²) in [7, 11) is 0. The number of hydrogen-bond donors (Lipinski definition) is 2. The Kier molecular flexibility index (Phi) is 3.75. The zero-order chi connectivity index (χ0) is 12.3. The van der Waals surface area contributed by atoms with Crippen molar-refractivity contribution >= 4 is 39.1 Å². The van der Waals surface area contributed by atoms with Crippen LogP contribution in [0, 0.1) is 0 Å². The van der Waals surface area contributed by atoms with E-state index in [1.54, 1.807) is 11.3 Å². The average Bonchev–Trinajstić information content (AvgIpc) is 2.85. The molecular weight excluding hydrogens is 306 g/mol. The Hall–Kier alpha value is -1.41. The van der Waals surface area contributed by atoms with Crippen LogP contribution in [0.2, 0.25) is 0 Å². The first-order valence-electron chi connectivity index (χ1n) is 4.78. The second-order valence-corrected chi connectivity index (χ2v) is 5.12. The molecule has 3 N–H and O–H groups in total. The summed E-state index contributed by atoms with van der Waals surface area (Å²) in [6.07, 6.45) is 1.43. The summed E-state index contributed by atoms with van der Waals surface area (Å²) >= 11 is 4.99. The van der Waals surface area contributed by atoms with Gasteiger partial charge >= 0.3 is 0 Å². The molecule has 0 saturated heterocycles. The zero-order valence-corrected chi connectivity index (χ0v) is 11.2. The number of nitrogens with two attached hydrogens (primary N) is 1. The molecule has 0 bridgehead atoms. The van der Waals surface area contributed by atoms with E-state index in [2.05, 4.69) is 31.3 Å². The lowest BCUT2D eigenvalue weighted by atomic mass is 10.4. The highest BCUT2D eigenvalue weighted by molar-refractivity contribution is 9.10. The lowest BCUT2D eigenvalue weighted by Gasteiger charge is -2.03. The zero-order valence-electron chi connectivity index (χ0n) is 8.76. The van der Waals surface area contributed by atoms with Gasteiger partial charge in [0, 0.05) is 9.35 Å². The average molecular weight is 316 g/mol. The van der Waals surface area contributed by atoms with Crippen LogP contribution in [0.1, 0.15) is 4.88 Å². The van der Waals surface area contributed by atoms with Crippen molar-refractivity contribution in [2.24, 2.45) is 0 Å². The summed E-state index contributed by atoms with van der Waals surface area (Å²) in [6.45, 7) is 0.620. The summed E-state index contributed by atoms with van der Waals surface area (Å²) < 4.78 is 2.40. The molecule has 0 saturated carbocycles. The fourth-order valence-electron chi connectivity index (χ4n) is 1.22. The Labute approximate surface area is 110 Å². The first-order chi connectivity index (χ1) is 8.15. The van der Waals surface area contributed by atoms with E-state index >= 15 is 0 Å². The number of halogens is 1. The molecule has 2 rings (SSSR count). The molecule has 1 amide bonds. The molecule has 2 aromatic rings. The Morgan fingerprint density at radius 2 is 2.47 bits per heavy atom. The molecule has 0 unspecified atom stereocenters. The van der Waals surface area contributed by atoms with Crippen molar-refractivity contribution in [2.45, 2.75) is 13.1 Å². The highest BCUT2D eigenvalue weighted by Crippen LogP contribution is 2.21. The molecule has 90 valence electrons. The second-order valence-electron chi connectivity index (χ2n) is 3.27. The minimum Gasteiger partial charge on any atom is -0.367 e. The summed E-state index contributed by atoms with van der Waals surface area (Å²) in [6, 6.07) is 1.95. The van der Waals surface area contributed by atoms with Crippen LogP contribution in [0.25, 0.3) is 0 Å². The summed E-state index contributed by atoms with van der Waals surface area (Å²) in [5.74, 6) is 0.0361. The van der Waals surface area contributed by atoms with Crippen LogP contribution in [0.4, 0.5) is 5.95 Å². The topological polar surface area (TPSA) is 85.8 Å². The Morgan fingerprint density at radius 1 is 1.65 bits per heavy atom. The van der Waals surface area contributed by atoms with Gasteiger partial charge in [-0.1, -0.05) is 0 Å². The Balaban J connectivity index is 1.84. The number of rotatable bonds is 4. The van der Waals surface area contributed by atoms with Gasteiger partial charge in [0.1, 0.15) is 12.9 Å². The molecule has 0 spiro atoms. The maximum absolute atomic E-state index is 11.6. The van der Waals surface area contributed by atoms with E-state index in [1.165, 1.54) is 11.0 Å². The van der Waals surface area contributed by atoms with Gasteiger partial charge in [0.25, 0.3) is 0 Å². The number of nitrogens with zero attached hydrogens (tertiary/aromatic N) is 3. The number of thiophene rings is 1. The van der Waals surface area contributed by atoms with Gasteiger partial charge in [-0.25, -0.2) is 9.67 Å². The van der Waals surface area contributed by atoms with E-state index in [0.717, 1.165) is 9.35 Å². The Morgan fingerprint density at radius 3 is 3.06 bits per heavy atom. The fourth-order valence-corrected chi connectivity index (χ4v) is 2.65. The van der Waals surface area contributed by atoms with E-state index in [1.807, 2.05) is 11.4 Å². The monoisotopic (exact) mass is 315 g/mol. The second kappa shape index (κ2) is 5.28. The van der Waals surface area contributed by atoms with Crippen LogP contribution in [-0.2, 0) is 17.9 Å². The van der Waals surface area contributed by atoms with Crippen molar-refractivity contribution in [3.63, 3.8) is 0 Å². The normalized spacial score (nSPS) is 10.4. The van der Waals surface area contributed by atoms with Gasteiger partial charge in [-0.15, -0.1) is 16.4 Å². The van der Waals surface area contributed by atoms with Gasteiger partial charge in [-0.05, 0) is 27.4 Å². The smallest absolute Gasteiger partial charge is 0.242 e. The maximum Gasteiger partial charge on any atom is 0.242 e. The maximum atomic E-state index is 11.6. The quantitative estimate of drug-likeness (QED) is 0.881. The molecule has 17 heavy (non-hydrogen) atoms. The number of nitrogen functional groups attached to an aromatic ring is 1. The van der Waals surface area contributed by atoms with Crippen molar-refractivity contribution < 1.29 is 4.79 Å². The van der Waals surface area contributed by atoms with Crippen molar-refractivity contribution in [1.82, 2.24) is 20.1 Å². The lowest BCUT2D eigenvalue weighted by Crippen LogP contribution is -2.27. The standard InChI is InChI=1S/C9H10BrN5OS/c10-6-1-2-17-7(6)3-12-8(16)4-15-5-13-9(11)14-15/h1-2,5H,3-4H2,(H2,11,14)(H,12,16). The van der Waals surface area contributed by atoms with Crippen LogP contribution >= 0.6 is 27.3 Å². The predicted octanol–water partition coefficient (Wildman–Crippen LogP) is 1.00. The molecule has 2 heterocycles. The molecule has 0 fully saturated rings. The van der Waals surface area contributed by atoms with Crippen LogP contribution in [-0.4, -0.2) is 20.7 Å². The molecule has 0 atom stereocenters. The number of carbonyl (C=O) groups excluding carboxylic acids is 1.